The predicted octanol–water partition coefficient (Wildman–Crippen LogP) is 0.593. The Morgan fingerprint density at radius 3 is 2.40 bits per heavy atom. The van der Waals surface area contributed by atoms with Crippen LogP contribution in [-0.4, -0.2) is 99.1 Å². The number of nitrogens with one attached hydrogen (secondary N) is 1. The van der Waals surface area contributed by atoms with Crippen molar-refractivity contribution >= 4 is 22.9 Å². The molecule has 7 N–H and O–H groups in total. The Morgan fingerprint density at radius 1 is 1.09 bits per heavy atom. The molecule has 2 aromatic carbocycles. The molecule has 0 saturated carbocycles. The van der Waals surface area contributed by atoms with Crippen LogP contribution in [0.15, 0.2) is 57.9 Å². The molecule has 0 amide bonds. The van der Waals surface area contributed by atoms with Crippen LogP contribution in [-0.2, 0) is 19.1 Å². The number of carbonyl (C=O) groups is 2. The second-order valence-electron chi connectivity index (χ2n) is 11.3. The number of aliphatic carboxylic acids is 1. The van der Waals surface area contributed by atoms with E-state index in [0.717, 1.165) is 0 Å². The average molecular weight is 632 g/mol. The zero-order chi connectivity index (χ0) is 33.1. The Morgan fingerprint density at radius 2 is 1.78 bits per heavy atom. The van der Waals surface area contributed by atoms with E-state index in [9.17, 15) is 45.0 Å². The van der Waals surface area contributed by atoms with Gasteiger partial charge in [-0.15, -0.1) is 0 Å². The smallest absolute Gasteiger partial charge is 0.321 e. The molecular formula is C31H37NO13. The molecule has 14 heteroatoms. The lowest BCUT2D eigenvalue weighted by Crippen LogP contribution is -2.72. The number of benzene rings is 2. The lowest BCUT2D eigenvalue weighted by Gasteiger charge is -2.49. The maximum atomic E-state index is 13.2. The Hall–Kier alpha value is -4.05. The topological polar surface area (TPSA) is 225 Å². The highest BCUT2D eigenvalue weighted by Crippen LogP contribution is 2.37. The molecular weight excluding hydrogens is 594 g/mol. The number of aliphatic hydroxyl groups is 4. The molecule has 14 nitrogen and oxygen atoms in total. The van der Waals surface area contributed by atoms with E-state index in [4.69, 9.17) is 18.6 Å². The van der Waals surface area contributed by atoms with E-state index in [1.54, 1.807) is 26.0 Å². The van der Waals surface area contributed by atoms with E-state index in [0.29, 0.717) is 5.56 Å². The molecule has 4 rings (SSSR count). The molecule has 1 aliphatic heterocycles. The van der Waals surface area contributed by atoms with E-state index in [1.807, 2.05) is 0 Å². The standard InChI is InChI=1S/C31H37NO13/c1-15(2)10-24(34)31(41)26(36)23(14-43-29(40)20(12-32-3)28(38)39)45-30(27(31)37)44-18-8-9-19-22(11-18)42-13-21(25(19)35)16-4-6-17(33)7-5-16/h4-9,11,13,15,20,23-24,26-27,30,32-34,36-37,41H,10,12,14H2,1-3H3,(H,38,39)/t20-,23-,24+,26-,27+,30-,31+/m0/s1. The van der Waals surface area contributed by atoms with Gasteiger partial charge in [0.15, 0.2) is 16.9 Å². The third kappa shape index (κ3) is 7.11. The van der Waals surface area contributed by atoms with Crippen molar-refractivity contribution in [1.82, 2.24) is 5.32 Å². The number of carboxylic acids is 1. The summed E-state index contributed by atoms with van der Waals surface area (Å²) in [6.07, 6.45) is -7.80. The number of fused-ring (bicyclic) bond motifs is 1. The second kappa shape index (κ2) is 13.9. The minimum absolute atomic E-state index is 0.0138. The summed E-state index contributed by atoms with van der Waals surface area (Å²) >= 11 is 0. The summed E-state index contributed by atoms with van der Waals surface area (Å²) < 4.78 is 22.3. The molecule has 1 aromatic heterocycles. The Kier molecular flexibility index (Phi) is 10.5. The summed E-state index contributed by atoms with van der Waals surface area (Å²) in [7, 11) is 1.45. The van der Waals surface area contributed by atoms with Crippen LogP contribution >= 0.6 is 0 Å². The molecule has 0 aliphatic carbocycles. The fraction of sp³-hybridized carbons (Fsp3) is 0.452. The van der Waals surface area contributed by atoms with Crippen LogP contribution in [0.4, 0.5) is 0 Å². The first-order chi connectivity index (χ1) is 21.3. The first-order valence-electron chi connectivity index (χ1n) is 14.3. The molecule has 244 valence electrons. The minimum atomic E-state index is -2.62. The van der Waals surface area contributed by atoms with Gasteiger partial charge in [-0.1, -0.05) is 26.0 Å². The molecule has 0 bridgehead atoms. The van der Waals surface area contributed by atoms with E-state index < -0.39 is 60.8 Å². The number of phenolic OH excluding ortho intramolecular Hbond substituents is 1. The van der Waals surface area contributed by atoms with Crippen molar-refractivity contribution in [3.05, 3.63) is 59.0 Å². The molecule has 1 aliphatic rings. The first-order valence-corrected chi connectivity index (χ1v) is 14.3. The maximum absolute atomic E-state index is 13.2. The Balaban J connectivity index is 1.62. The molecule has 3 aromatic rings. The van der Waals surface area contributed by atoms with Gasteiger partial charge in [0.2, 0.25) is 6.29 Å². The van der Waals surface area contributed by atoms with Gasteiger partial charge in [0.1, 0.15) is 48.3 Å². The lowest BCUT2D eigenvalue weighted by molar-refractivity contribution is -0.334. The predicted molar refractivity (Wildman–Crippen MR) is 157 cm³/mol. The van der Waals surface area contributed by atoms with Gasteiger partial charge < -0.3 is 54.6 Å². The quantitative estimate of drug-likeness (QED) is 0.107. The molecule has 2 heterocycles. The Bertz CT molecular complexity index is 1560. The fourth-order valence-electron chi connectivity index (χ4n) is 5.16. The van der Waals surface area contributed by atoms with Crippen LogP contribution in [0, 0.1) is 11.8 Å². The number of aliphatic hydroxyl groups excluding tert-OH is 3. The number of ether oxygens (including phenoxy) is 3. The SMILES string of the molecule is CNC[C@@H](C(=O)O)C(=O)OC[C@@H]1O[C@H](Oc2ccc3c(=O)c(-c4ccc(O)cc4)coc3c2)[C@@H](O)[C@@](O)([C@H](O)CC(C)C)[C@H]1O. The zero-order valence-electron chi connectivity index (χ0n) is 24.8. The summed E-state index contributed by atoms with van der Waals surface area (Å²) in [4.78, 5) is 37.1. The van der Waals surface area contributed by atoms with E-state index >= 15 is 0 Å². The van der Waals surface area contributed by atoms with Gasteiger partial charge in [-0.05, 0) is 49.2 Å². The number of carbonyl (C=O) groups excluding carboxylic acids is 1. The number of hydrogen-bond acceptors (Lipinski definition) is 13. The molecule has 1 saturated heterocycles. The summed E-state index contributed by atoms with van der Waals surface area (Å²) in [5.41, 5.74) is -2.11. The summed E-state index contributed by atoms with van der Waals surface area (Å²) in [6.45, 7) is 2.52. The van der Waals surface area contributed by atoms with Gasteiger partial charge in [-0.3, -0.25) is 14.4 Å². The average Bonchev–Trinajstić information content (AvgIpc) is 2.99. The van der Waals surface area contributed by atoms with Gasteiger partial charge in [0.05, 0.1) is 17.1 Å². The minimum Gasteiger partial charge on any atom is -0.508 e. The van der Waals surface area contributed by atoms with Crippen molar-refractivity contribution in [3.63, 3.8) is 0 Å². The molecule has 7 atom stereocenters. The van der Waals surface area contributed by atoms with Gasteiger partial charge in [-0.2, -0.15) is 0 Å². The van der Waals surface area contributed by atoms with Crippen LogP contribution in [0.3, 0.4) is 0 Å². The van der Waals surface area contributed by atoms with Crippen molar-refractivity contribution in [2.75, 3.05) is 20.2 Å². The molecule has 1 fully saturated rings. The normalized spacial score (nSPS) is 24.7. The summed E-state index contributed by atoms with van der Waals surface area (Å²) in [5, 5.41) is 66.3. The molecule has 0 unspecified atom stereocenters. The van der Waals surface area contributed by atoms with Crippen molar-refractivity contribution in [2.24, 2.45) is 11.8 Å². The summed E-state index contributed by atoms with van der Waals surface area (Å²) in [6, 6.07) is 10.1. The number of phenols is 1. The largest absolute Gasteiger partial charge is 0.508 e. The van der Waals surface area contributed by atoms with Crippen molar-refractivity contribution in [3.8, 4) is 22.6 Å². The second-order valence-corrected chi connectivity index (χ2v) is 11.3. The van der Waals surface area contributed by atoms with Crippen LogP contribution in [0.2, 0.25) is 0 Å². The van der Waals surface area contributed by atoms with E-state index in [2.05, 4.69) is 5.32 Å². The van der Waals surface area contributed by atoms with E-state index in [1.165, 1.54) is 43.6 Å². The van der Waals surface area contributed by atoms with Crippen LogP contribution in [0.25, 0.3) is 22.1 Å². The van der Waals surface area contributed by atoms with Crippen molar-refractivity contribution in [2.45, 2.75) is 56.6 Å². The molecule has 0 radical (unpaired) electrons. The third-order valence-corrected chi connectivity index (χ3v) is 7.65. The number of aromatic hydroxyl groups is 1. The van der Waals surface area contributed by atoms with E-state index in [-0.39, 0.29) is 52.3 Å². The number of carboxylic acid groups (broad SMARTS) is 1. The number of esters is 1. The lowest BCUT2D eigenvalue weighted by atomic mass is 9.77. The summed E-state index contributed by atoms with van der Waals surface area (Å²) in [5.74, 6) is -4.28. The van der Waals surface area contributed by atoms with Crippen LogP contribution in [0.5, 0.6) is 11.5 Å². The third-order valence-electron chi connectivity index (χ3n) is 7.65. The van der Waals surface area contributed by atoms with Gasteiger partial charge >= 0.3 is 11.9 Å². The Labute approximate surface area is 257 Å². The van der Waals surface area contributed by atoms with Gasteiger partial charge in [0.25, 0.3) is 0 Å². The van der Waals surface area contributed by atoms with Gasteiger partial charge in [0, 0.05) is 12.6 Å². The first kappa shape index (κ1) is 33.8. The highest BCUT2D eigenvalue weighted by Gasteiger charge is 2.60. The molecule has 45 heavy (non-hydrogen) atoms. The number of hydrogen-bond donors (Lipinski definition) is 7. The van der Waals surface area contributed by atoms with Crippen molar-refractivity contribution < 1.29 is 58.9 Å². The van der Waals surface area contributed by atoms with Gasteiger partial charge in [-0.25, -0.2) is 0 Å². The molecule has 0 spiro atoms. The maximum Gasteiger partial charge on any atom is 0.321 e. The number of rotatable bonds is 12. The zero-order valence-corrected chi connectivity index (χ0v) is 24.8. The van der Waals surface area contributed by atoms with Crippen LogP contribution in [0.1, 0.15) is 20.3 Å². The van der Waals surface area contributed by atoms with Crippen molar-refractivity contribution in [1.29, 1.82) is 0 Å². The highest BCUT2D eigenvalue weighted by molar-refractivity contribution is 5.94. The fourth-order valence-corrected chi connectivity index (χ4v) is 5.16. The van der Waals surface area contributed by atoms with Crippen LogP contribution < -0.4 is 15.5 Å². The monoisotopic (exact) mass is 631 g/mol. The highest BCUT2D eigenvalue weighted by atomic mass is 16.7.